The lowest BCUT2D eigenvalue weighted by Gasteiger charge is -2.20. The molecule has 2 N–H and O–H groups in total. The first-order valence-electron chi connectivity index (χ1n) is 7.75. The van der Waals surface area contributed by atoms with Crippen molar-refractivity contribution in [2.45, 2.75) is 45.6 Å². The van der Waals surface area contributed by atoms with Crippen LogP contribution in [0, 0.1) is 11.7 Å². The molecule has 0 saturated heterocycles. The second-order valence-electron chi connectivity index (χ2n) is 5.65. The minimum atomic E-state index is -0.265. The number of amides is 1. The molecular formula is C17H27FN2O. The molecule has 3 nitrogen and oxygen atoms in total. The molecule has 1 atom stereocenters. The predicted octanol–water partition coefficient (Wildman–Crippen LogP) is 3.33. The van der Waals surface area contributed by atoms with E-state index in [-0.39, 0.29) is 11.7 Å². The summed E-state index contributed by atoms with van der Waals surface area (Å²) in [6.07, 6.45) is 4.65. The molecule has 0 bridgehead atoms. The fourth-order valence-corrected chi connectivity index (χ4v) is 2.59. The van der Waals surface area contributed by atoms with Gasteiger partial charge in [0.05, 0.1) is 0 Å². The minimum Gasteiger partial charge on any atom is -0.341 e. The molecular weight excluding hydrogens is 267 g/mol. The average Bonchev–Trinajstić information content (AvgIpc) is 2.45. The van der Waals surface area contributed by atoms with Crippen molar-refractivity contribution in [1.29, 1.82) is 0 Å². The number of nitrogens with two attached hydrogens (primary N) is 1. The van der Waals surface area contributed by atoms with E-state index in [0.717, 1.165) is 31.2 Å². The fourth-order valence-electron chi connectivity index (χ4n) is 2.59. The van der Waals surface area contributed by atoms with E-state index in [2.05, 4.69) is 6.92 Å². The Morgan fingerprint density at radius 3 is 2.71 bits per heavy atom. The molecule has 4 heteroatoms. The predicted molar refractivity (Wildman–Crippen MR) is 84.2 cm³/mol. The van der Waals surface area contributed by atoms with E-state index in [1.54, 1.807) is 18.0 Å². The molecule has 1 amide bonds. The quantitative estimate of drug-likeness (QED) is 0.759. The zero-order valence-electron chi connectivity index (χ0n) is 13.1. The summed E-state index contributed by atoms with van der Waals surface area (Å²) in [5.41, 5.74) is 6.43. The number of benzene rings is 1. The molecule has 0 fully saturated rings. The molecule has 0 radical (unpaired) electrons. The standard InChI is InChI=1S/C17H27FN2O/c1-3-5-14(10-11-19)8-9-17(21)20(2)13-15-6-4-7-16(18)12-15/h4,6-7,12,14H,3,5,8-11,13,19H2,1-2H3. The van der Waals surface area contributed by atoms with Gasteiger partial charge in [-0.15, -0.1) is 0 Å². The van der Waals surface area contributed by atoms with Gasteiger partial charge < -0.3 is 10.6 Å². The van der Waals surface area contributed by atoms with Crippen molar-refractivity contribution in [1.82, 2.24) is 4.90 Å². The van der Waals surface area contributed by atoms with Crippen molar-refractivity contribution in [3.05, 3.63) is 35.6 Å². The largest absolute Gasteiger partial charge is 0.341 e. The van der Waals surface area contributed by atoms with Gasteiger partial charge in [-0.1, -0.05) is 31.9 Å². The third-order valence-electron chi connectivity index (χ3n) is 3.77. The van der Waals surface area contributed by atoms with Crippen molar-refractivity contribution < 1.29 is 9.18 Å². The highest BCUT2D eigenvalue weighted by Gasteiger charge is 2.13. The Bertz CT molecular complexity index is 431. The zero-order chi connectivity index (χ0) is 15.7. The normalized spacial score (nSPS) is 12.2. The first kappa shape index (κ1) is 17.6. The highest BCUT2D eigenvalue weighted by Crippen LogP contribution is 2.18. The molecule has 1 aromatic carbocycles. The van der Waals surface area contributed by atoms with E-state index in [4.69, 9.17) is 5.73 Å². The van der Waals surface area contributed by atoms with Gasteiger partial charge in [-0.05, 0) is 43.0 Å². The molecule has 0 aliphatic carbocycles. The monoisotopic (exact) mass is 294 g/mol. The lowest BCUT2D eigenvalue weighted by molar-refractivity contribution is -0.130. The number of halogens is 1. The third kappa shape index (κ3) is 6.71. The maximum atomic E-state index is 13.1. The van der Waals surface area contributed by atoms with Crippen LogP contribution in [-0.4, -0.2) is 24.4 Å². The van der Waals surface area contributed by atoms with Gasteiger partial charge in [0.15, 0.2) is 0 Å². The number of carbonyl (C=O) groups is 1. The van der Waals surface area contributed by atoms with Gasteiger partial charge in [0.1, 0.15) is 5.82 Å². The lowest BCUT2D eigenvalue weighted by atomic mass is 9.94. The number of hydrogen-bond donors (Lipinski definition) is 1. The minimum absolute atomic E-state index is 0.109. The van der Waals surface area contributed by atoms with Crippen LogP contribution in [0.1, 0.15) is 44.6 Å². The van der Waals surface area contributed by atoms with E-state index in [9.17, 15) is 9.18 Å². The first-order chi connectivity index (χ1) is 10.1. The Kier molecular flexibility index (Phi) is 7.98. The molecule has 118 valence electrons. The summed E-state index contributed by atoms with van der Waals surface area (Å²) in [6.45, 7) is 3.28. The highest BCUT2D eigenvalue weighted by atomic mass is 19.1. The molecule has 0 saturated carbocycles. The van der Waals surface area contributed by atoms with Gasteiger partial charge in [0.25, 0.3) is 0 Å². The van der Waals surface area contributed by atoms with Gasteiger partial charge in [-0.2, -0.15) is 0 Å². The van der Waals surface area contributed by atoms with Crippen molar-refractivity contribution in [2.75, 3.05) is 13.6 Å². The molecule has 0 heterocycles. The van der Waals surface area contributed by atoms with Crippen LogP contribution < -0.4 is 5.73 Å². The SMILES string of the molecule is CCCC(CCN)CCC(=O)N(C)Cc1cccc(F)c1. The molecule has 0 spiro atoms. The molecule has 1 rings (SSSR count). The molecule has 1 aromatic rings. The summed E-state index contributed by atoms with van der Waals surface area (Å²) in [5.74, 6) is 0.378. The van der Waals surface area contributed by atoms with Crippen molar-refractivity contribution in [2.24, 2.45) is 11.7 Å². The van der Waals surface area contributed by atoms with Gasteiger partial charge in [-0.25, -0.2) is 4.39 Å². The highest BCUT2D eigenvalue weighted by molar-refractivity contribution is 5.75. The topological polar surface area (TPSA) is 46.3 Å². The average molecular weight is 294 g/mol. The number of rotatable bonds is 9. The van der Waals surface area contributed by atoms with E-state index < -0.39 is 0 Å². The molecule has 0 aliphatic heterocycles. The maximum Gasteiger partial charge on any atom is 0.222 e. The maximum absolute atomic E-state index is 13.1. The van der Waals surface area contributed by atoms with Gasteiger partial charge >= 0.3 is 0 Å². The summed E-state index contributed by atoms with van der Waals surface area (Å²) in [6, 6.07) is 6.38. The van der Waals surface area contributed by atoms with Crippen LogP contribution in [0.3, 0.4) is 0 Å². The smallest absolute Gasteiger partial charge is 0.222 e. The summed E-state index contributed by atoms with van der Waals surface area (Å²) >= 11 is 0. The fraction of sp³-hybridized carbons (Fsp3) is 0.588. The number of nitrogens with zero attached hydrogens (tertiary/aromatic N) is 1. The van der Waals surface area contributed by atoms with Crippen molar-refractivity contribution in [3.8, 4) is 0 Å². The molecule has 0 aromatic heterocycles. The van der Waals surface area contributed by atoms with E-state index >= 15 is 0 Å². The Labute approximate surface area is 127 Å². The summed E-state index contributed by atoms with van der Waals surface area (Å²) in [4.78, 5) is 13.8. The van der Waals surface area contributed by atoms with Gasteiger partial charge in [-0.3, -0.25) is 4.79 Å². The van der Waals surface area contributed by atoms with Crippen molar-refractivity contribution >= 4 is 5.91 Å². The molecule has 1 unspecified atom stereocenters. The van der Waals surface area contributed by atoms with Crippen LogP contribution in [0.15, 0.2) is 24.3 Å². The Hall–Kier alpha value is -1.42. The summed E-state index contributed by atoms with van der Waals surface area (Å²) < 4.78 is 13.1. The number of carbonyl (C=O) groups excluding carboxylic acids is 1. The third-order valence-corrected chi connectivity index (χ3v) is 3.77. The second kappa shape index (κ2) is 9.50. The summed E-state index contributed by atoms with van der Waals surface area (Å²) in [5, 5.41) is 0. The van der Waals surface area contributed by atoms with Crippen LogP contribution in [0.4, 0.5) is 4.39 Å². The van der Waals surface area contributed by atoms with Crippen LogP contribution in [0.5, 0.6) is 0 Å². The molecule has 21 heavy (non-hydrogen) atoms. The van der Waals surface area contributed by atoms with Gasteiger partial charge in [0, 0.05) is 20.0 Å². The van der Waals surface area contributed by atoms with Crippen molar-refractivity contribution in [3.63, 3.8) is 0 Å². The zero-order valence-corrected chi connectivity index (χ0v) is 13.1. The Morgan fingerprint density at radius 2 is 2.10 bits per heavy atom. The van der Waals surface area contributed by atoms with Crippen LogP contribution in [0.2, 0.25) is 0 Å². The van der Waals surface area contributed by atoms with Crippen LogP contribution >= 0.6 is 0 Å². The number of hydrogen-bond acceptors (Lipinski definition) is 2. The lowest BCUT2D eigenvalue weighted by Crippen LogP contribution is -2.26. The Morgan fingerprint density at radius 1 is 1.33 bits per heavy atom. The Balaban J connectivity index is 2.43. The van der Waals surface area contributed by atoms with E-state index in [1.165, 1.54) is 12.1 Å². The van der Waals surface area contributed by atoms with Crippen LogP contribution in [0.25, 0.3) is 0 Å². The van der Waals surface area contributed by atoms with Gasteiger partial charge in [0.2, 0.25) is 5.91 Å². The summed E-state index contributed by atoms with van der Waals surface area (Å²) in [7, 11) is 1.77. The second-order valence-corrected chi connectivity index (χ2v) is 5.65. The molecule has 0 aliphatic rings. The first-order valence-corrected chi connectivity index (χ1v) is 7.75. The van der Waals surface area contributed by atoms with E-state index in [1.807, 2.05) is 6.07 Å². The van der Waals surface area contributed by atoms with E-state index in [0.29, 0.717) is 25.4 Å². The van der Waals surface area contributed by atoms with Crippen LogP contribution in [-0.2, 0) is 11.3 Å².